The van der Waals surface area contributed by atoms with Crippen molar-refractivity contribution >= 4 is 27.4 Å². The molecule has 1 aliphatic rings. The lowest BCUT2D eigenvalue weighted by Gasteiger charge is -2.22. The average molecular weight is 262 g/mol. The maximum Gasteiger partial charge on any atom is 0.117 e. The van der Waals surface area contributed by atoms with Crippen molar-refractivity contribution in [2.45, 2.75) is 31.8 Å². The molecule has 3 nitrogen and oxygen atoms in total. The minimum atomic E-state index is 0.449. The van der Waals surface area contributed by atoms with Crippen LogP contribution in [0.5, 0.6) is 0 Å². The first kappa shape index (κ1) is 11.9. The first-order valence-corrected chi connectivity index (χ1v) is 7.41. The van der Waals surface area contributed by atoms with Crippen LogP contribution in [0.4, 0.5) is 5.00 Å². The SMILES string of the molecule is c1ccc2c(NCCC3CCCCO3)snc2c1. The molecule has 1 N–H and O–H groups in total. The molecule has 1 aromatic heterocycles. The van der Waals surface area contributed by atoms with Crippen molar-refractivity contribution in [2.24, 2.45) is 0 Å². The molecule has 1 saturated heterocycles. The van der Waals surface area contributed by atoms with Crippen LogP contribution in [0.2, 0.25) is 0 Å². The number of ether oxygens (including phenoxy) is 1. The summed E-state index contributed by atoms with van der Waals surface area (Å²) >= 11 is 1.55. The van der Waals surface area contributed by atoms with E-state index in [-0.39, 0.29) is 0 Å². The van der Waals surface area contributed by atoms with E-state index in [9.17, 15) is 0 Å². The van der Waals surface area contributed by atoms with Gasteiger partial charge in [0.1, 0.15) is 5.00 Å². The number of hydrogen-bond donors (Lipinski definition) is 1. The molecule has 0 saturated carbocycles. The Morgan fingerprint density at radius 3 is 3.17 bits per heavy atom. The molecule has 0 spiro atoms. The molecule has 18 heavy (non-hydrogen) atoms. The van der Waals surface area contributed by atoms with E-state index in [1.54, 1.807) is 11.5 Å². The third-order valence-corrected chi connectivity index (χ3v) is 4.24. The van der Waals surface area contributed by atoms with Crippen molar-refractivity contribution in [2.75, 3.05) is 18.5 Å². The van der Waals surface area contributed by atoms with E-state index in [0.29, 0.717) is 6.10 Å². The molecule has 1 aromatic carbocycles. The second-order valence-electron chi connectivity index (χ2n) is 4.73. The number of nitrogens with one attached hydrogen (secondary N) is 1. The lowest BCUT2D eigenvalue weighted by molar-refractivity contribution is 0.0134. The Kier molecular flexibility index (Phi) is 3.76. The second-order valence-corrected chi connectivity index (χ2v) is 5.51. The van der Waals surface area contributed by atoms with Crippen molar-refractivity contribution in [3.05, 3.63) is 24.3 Å². The molecule has 2 aromatic rings. The van der Waals surface area contributed by atoms with Crippen molar-refractivity contribution in [1.29, 1.82) is 0 Å². The topological polar surface area (TPSA) is 34.1 Å². The van der Waals surface area contributed by atoms with E-state index in [1.807, 2.05) is 6.07 Å². The van der Waals surface area contributed by atoms with Gasteiger partial charge in [0.2, 0.25) is 0 Å². The predicted molar refractivity (Wildman–Crippen MR) is 76.3 cm³/mol. The Balaban J connectivity index is 1.56. The second kappa shape index (κ2) is 5.67. The van der Waals surface area contributed by atoms with E-state index in [4.69, 9.17) is 4.74 Å². The number of rotatable bonds is 4. The fraction of sp³-hybridized carbons (Fsp3) is 0.500. The number of aromatic nitrogens is 1. The van der Waals surface area contributed by atoms with Crippen LogP contribution in [-0.2, 0) is 4.74 Å². The average Bonchev–Trinajstić information content (AvgIpc) is 2.84. The summed E-state index contributed by atoms with van der Waals surface area (Å²) in [5, 5.41) is 5.90. The monoisotopic (exact) mass is 262 g/mol. The minimum Gasteiger partial charge on any atom is -0.378 e. The Hall–Kier alpha value is -1.13. The maximum absolute atomic E-state index is 5.73. The number of anilines is 1. The fourth-order valence-electron chi connectivity index (χ4n) is 2.40. The van der Waals surface area contributed by atoms with Gasteiger partial charge in [-0.15, -0.1) is 0 Å². The van der Waals surface area contributed by atoms with Gasteiger partial charge >= 0.3 is 0 Å². The van der Waals surface area contributed by atoms with Gasteiger partial charge in [-0.05, 0) is 49.3 Å². The van der Waals surface area contributed by atoms with Gasteiger partial charge in [-0.2, -0.15) is 4.37 Å². The predicted octanol–water partition coefficient (Wildman–Crippen LogP) is 3.67. The van der Waals surface area contributed by atoms with Gasteiger partial charge in [0, 0.05) is 18.5 Å². The van der Waals surface area contributed by atoms with Crippen LogP contribution in [0.15, 0.2) is 24.3 Å². The normalized spacial score (nSPS) is 20.1. The van der Waals surface area contributed by atoms with E-state index in [1.165, 1.54) is 29.6 Å². The smallest absolute Gasteiger partial charge is 0.117 e. The highest BCUT2D eigenvalue weighted by atomic mass is 32.1. The van der Waals surface area contributed by atoms with Gasteiger partial charge in [0.25, 0.3) is 0 Å². The zero-order chi connectivity index (χ0) is 12.2. The highest BCUT2D eigenvalue weighted by Gasteiger charge is 2.13. The summed E-state index contributed by atoms with van der Waals surface area (Å²) < 4.78 is 10.2. The molecule has 1 fully saturated rings. The summed E-state index contributed by atoms with van der Waals surface area (Å²) in [7, 11) is 0. The quantitative estimate of drug-likeness (QED) is 0.913. The molecule has 1 unspecified atom stereocenters. The van der Waals surface area contributed by atoms with Crippen LogP contribution in [0.25, 0.3) is 10.9 Å². The minimum absolute atomic E-state index is 0.449. The van der Waals surface area contributed by atoms with Gasteiger partial charge in [0.15, 0.2) is 0 Å². The Labute approximate surface area is 111 Å². The van der Waals surface area contributed by atoms with Crippen LogP contribution < -0.4 is 5.32 Å². The molecule has 4 heteroatoms. The molecular formula is C14H18N2OS. The first-order chi connectivity index (χ1) is 8.93. The number of benzene rings is 1. The molecule has 0 bridgehead atoms. The van der Waals surface area contributed by atoms with Crippen molar-refractivity contribution < 1.29 is 4.74 Å². The number of nitrogens with zero attached hydrogens (tertiary/aromatic N) is 1. The Morgan fingerprint density at radius 2 is 2.28 bits per heavy atom. The summed E-state index contributed by atoms with van der Waals surface area (Å²) in [6, 6.07) is 8.27. The standard InChI is InChI=1S/C14H18N2OS/c1-2-7-13-12(6-1)14(18-16-13)15-9-8-11-5-3-4-10-17-11/h1-2,6-7,11,15H,3-5,8-10H2. The molecule has 3 rings (SSSR count). The lowest BCUT2D eigenvalue weighted by Crippen LogP contribution is -2.21. The van der Waals surface area contributed by atoms with Crippen LogP contribution in [0, 0.1) is 0 Å². The highest BCUT2D eigenvalue weighted by molar-refractivity contribution is 7.11. The van der Waals surface area contributed by atoms with Crippen LogP contribution in [0.1, 0.15) is 25.7 Å². The van der Waals surface area contributed by atoms with Gasteiger partial charge in [-0.3, -0.25) is 0 Å². The van der Waals surface area contributed by atoms with Gasteiger partial charge in [-0.1, -0.05) is 12.1 Å². The zero-order valence-electron chi connectivity index (χ0n) is 10.4. The van der Waals surface area contributed by atoms with Crippen molar-refractivity contribution in [3.8, 4) is 0 Å². The highest BCUT2D eigenvalue weighted by Crippen LogP contribution is 2.27. The maximum atomic E-state index is 5.73. The Morgan fingerprint density at radius 1 is 1.33 bits per heavy atom. The van der Waals surface area contributed by atoms with Crippen molar-refractivity contribution in [1.82, 2.24) is 4.37 Å². The van der Waals surface area contributed by atoms with Gasteiger partial charge in [0.05, 0.1) is 11.6 Å². The zero-order valence-corrected chi connectivity index (χ0v) is 11.2. The van der Waals surface area contributed by atoms with Crippen LogP contribution in [0.3, 0.4) is 0 Å². The van der Waals surface area contributed by atoms with E-state index in [2.05, 4.69) is 27.9 Å². The molecule has 1 atom stereocenters. The molecule has 0 radical (unpaired) electrons. The van der Waals surface area contributed by atoms with Crippen molar-refractivity contribution in [3.63, 3.8) is 0 Å². The van der Waals surface area contributed by atoms with E-state index >= 15 is 0 Å². The number of hydrogen-bond acceptors (Lipinski definition) is 4. The summed E-state index contributed by atoms with van der Waals surface area (Å²) in [6.07, 6.45) is 5.29. The van der Waals surface area contributed by atoms with Gasteiger partial charge < -0.3 is 10.1 Å². The van der Waals surface area contributed by atoms with E-state index < -0.39 is 0 Å². The summed E-state index contributed by atoms with van der Waals surface area (Å²) in [5.41, 5.74) is 1.08. The third-order valence-electron chi connectivity index (χ3n) is 3.41. The lowest BCUT2D eigenvalue weighted by atomic mass is 10.1. The molecular weight excluding hydrogens is 244 g/mol. The van der Waals surface area contributed by atoms with Crippen LogP contribution in [-0.4, -0.2) is 23.6 Å². The third kappa shape index (κ3) is 2.65. The molecule has 0 amide bonds. The Bertz CT molecular complexity index is 505. The summed E-state index contributed by atoms with van der Waals surface area (Å²) in [6.45, 7) is 1.91. The summed E-state index contributed by atoms with van der Waals surface area (Å²) in [4.78, 5) is 0. The molecule has 2 heterocycles. The summed E-state index contributed by atoms with van der Waals surface area (Å²) in [5.74, 6) is 0. The molecule has 96 valence electrons. The fourth-order valence-corrected chi connectivity index (χ4v) is 3.18. The van der Waals surface area contributed by atoms with Crippen LogP contribution >= 0.6 is 11.5 Å². The molecule has 0 aliphatic carbocycles. The van der Waals surface area contributed by atoms with E-state index in [0.717, 1.165) is 25.1 Å². The van der Waals surface area contributed by atoms with Gasteiger partial charge in [-0.25, -0.2) is 0 Å². The number of fused-ring (bicyclic) bond motifs is 1. The molecule has 1 aliphatic heterocycles. The largest absolute Gasteiger partial charge is 0.378 e. The first-order valence-electron chi connectivity index (χ1n) is 6.63.